The number of carbonyl (C=O) groups excluding carboxylic acids is 1. The number of hydrogen-bond acceptors (Lipinski definition) is 4. The predicted octanol–water partition coefficient (Wildman–Crippen LogP) is 1.66. The molecule has 1 fully saturated rings. The number of aliphatic hydroxyl groups is 1. The topological polar surface area (TPSA) is 87.1 Å². The van der Waals surface area contributed by atoms with Crippen molar-refractivity contribution in [2.75, 3.05) is 19.7 Å². The number of likely N-dealkylation sites (tertiary alicyclic amines) is 1. The molecule has 2 aliphatic heterocycles. The molecule has 0 saturated carbocycles. The number of hydrogen-bond donors (Lipinski definition) is 2. The Morgan fingerprint density at radius 1 is 1.26 bits per heavy atom. The molecular weight excluding hydrogens is 366 g/mol. The third kappa shape index (κ3) is 3.11. The smallest absolute Gasteiger partial charge is 0.335 e. The molecule has 7 heteroatoms. The molecule has 1 amide bonds. The van der Waals surface area contributed by atoms with E-state index in [0.717, 1.165) is 15.8 Å². The highest BCUT2D eigenvalue weighted by molar-refractivity contribution is 9.10. The molecule has 0 atom stereocenters. The van der Waals surface area contributed by atoms with Gasteiger partial charge in [0.25, 0.3) is 5.91 Å². The molecule has 6 nitrogen and oxygen atoms in total. The molecular formula is C16H16BrNO5. The van der Waals surface area contributed by atoms with Crippen LogP contribution in [0, 0.1) is 0 Å². The minimum atomic E-state index is -1.73. The third-order valence-corrected chi connectivity index (χ3v) is 4.73. The van der Waals surface area contributed by atoms with Crippen molar-refractivity contribution in [2.45, 2.75) is 18.4 Å². The van der Waals surface area contributed by atoms with Crippen LogP contribution >= 0.6 is 15.9 Å². The van der Waals surface area contributed by atoms with E-state index in [4.69, 9.17) is 9.84 Å². The SMILES string of the molecule is O=C(C1=Cc2cc(Br)ccc2OC1)N1CCC(O)(C(=O)O)CC1. The van der Waals surface area contributed by atoms with Gasteiger partial charge in [-0.2, -0.15) is 0 Å². The number of carbonyl (C=O) groups is 2. The van der Waals surface area contributed by atoms with E-state index in [1.807, 2.05) is 18.2 Å². The maximum Gasteiger partial charge on any atom is 0.335 e. The Hall–Kier alpha value is -1.86. The fourth-order valence-corrected chi connectivity index (χ4v) is 3.15. The van der Waals surface area contributed by atoms with Crippen molar-refractivity contribution >= 4 is 33.9 Å². The van der Waals surface area contributed by atoms with Gasteiger partial charge in [-0.3, -0.25) is 4.79 Å². The highest BCUT2D eigenvalue weighted by Gasteiger charge is 2.40. The zero-order chi connectivity index (χ0) is 16.6. The lowest BCUT2D eigenvalue weighted by Crippen LogP contribution is -2.51. The first-order valence-electron chi connectivity index (χ1n) is 7.27. The molecule has 0 aliphatic carbocycles. The second kappa shape index (κ2) is 5.98. The number of nitrogens with zero attached hydrogens (tertiary/aromatic N) is 1. The Kier molecular flexibility index (Phi) is 4.16. The normalized spacial score (nSPS) is 19.4. The number of amides is 1. The van der Waals surface area contributed by atoms with Crippen LogP contribution < -0.4 is 4.74 Å². The molecule has 1 aromatic carbocycles. The molecule has 2 N–H and O–H groups in total. The number of carboxylic acids is 1. The maximum absolute atomic E-state index is 12.6. The van der Waals surface area contributed by atoms with E-state index in [-0.39, 0.29) is 38.4 Å². The number of ether oxygens (including phenoxy) is 1. The Morgan fingerprint density at radius 2 is 1.96 bits per heavy atom. The van der Waals surface area contributed by atoms with Crippen molar-refractivity contribution in [1.82, 2.24) is 4.90 Å². The summed E-state index contributed by atoms with van der Waals surface area (Å²) in [4.78, 5) is 25.2. The van der Waals surface area contributed by atoms with Crippen LogP contribution in [0.4, 0.5) is 0 Å². The summed E-state index contributed by atoms with van der Waals surface area (Å²) in [5, 5.41) is 19.0. The molecule has 2 aliphatic rings. The molecule has 122 valence electrons. The quantitative estimate of drug-likeness (QED) is 0.813. The standard InChI is InChI=1S/C16H16BrNO5/c17-12-1-2-13-10(8-12)7-11(9-23-13)14(19)18-5-3-16(22,4-6-18)15(20)21/h1-2,7-8,22H,3-6,9H2,(H,20,21). The van der Waals surface area contributed by atoms with Gasteiger partial charge in [0.15, 0.2) is 5.60 Å². The van der Waals surface area contributed by atoms with Gasteiger partial charge >= 0.3 is 5.97 Å². The molecule has 1 aromatic rings. The molecule has 3 rings (SSSR count). The summed E-state index contributed by atoms with van der Waals surface area (Å²) in [6.45, 7) is 0.613. The van der Waals surface area contributed by atoms with Crippen LogP contribution in [0.5, 0.6) is 5.75 Å². The minimum absolute atomic E-state index is 0.0321. The highest BCUT2D eigenvalue weighted by atomic mass is 79.9. The van der Waals surface area contributed by atoms with Crippen molar-refractivity contribution in [3.63, 3.8) is 0 Å². The maximum atomic E-state index is 12.6. The number of aliphatic carboxylic acids is 1. The van der Waals surface area contributed by atoms with E-state index in [1.54, 1.807) is 11.0 Å². The van der Waals surface area contributed by atoms with E-state index < -0.39 is 11.6 Å². The van der Waals surface area contributed by atoms with Crippen LogP contribution in [0.3, 0.4) is 0 Å². The van der Waals surface area contributed by atoms with Gasteiger partial charge in [0, 0.05) is 36.0 Å². The van der Waals surface area contributed by atoms with E-state index in [1.165, 1.54) is 0 Å². The van der Waals surface area contributed by atoms with E-state index >= 15 is 0 Å². The summed E-state index contributed by atoms with van der Waals surface area (Å²) < 4.78 is 6.50. The van der Waals surface area contributed by atoms with E-state index in [2.05, 4.69) is 15.9 Å². The summed E-state index contributed by atoms with van der Waals surface area (Å²) in [7, 11) is 0. The number of fused-ring (bicyclic) bond motifs is 1. The summed E-state index contributed by atoms with van der Waals surface area (Å²) in [5.41, 5.74) is -0.379. The fourth-order valence-electron chi connectivity index (χ4n) is 2.77. The van der Waals surface area contributed by atoms with Gasteiger partial charge in [0.05, 0.1) is 5.57 Å². The molecule has 0 spiro atoms. The zero-order valence-corrected chi connectivity index (χ0v) is 13.9. The van der Waals surface area contributed by atoms with Gasteiger partial charge in [-0.25, -0.2) is 4.79 Å². The Bertz CT molecular complexity index is 692. The van der Waals surface area contributed by atoms with Crippen molar-refractivity contribution in [2.24, 2.45) is 0 Å². The fraction of sp³-hybridized carbons (Fsp3) is 0.375. The second-order valence-corrected chi connectivity index (χ2v) is 6.69. The van der Waals surface area contributed by atoms with Crippen LogP contribution in [0.2, 0.25) is 0 Å². The average molecular weight is 382 g/mol. The van der Waals surface area contributed by atoms with Crippen LogP contribution in [0.25, 0.3) is 6.08 Å². The third-order valence-electron chi connectivity index (χ3n) is 4.24. The lowest BCUT2D eigenvalue weighted by Gasteiger charge is -2.36. The van der Waals surface area contributed by atoms with Gasteiger partial charge < -0.3 is 19.8 Å². The van der Waals surface area contributed by atoms with Crippen LogP contribution in [0.15, 0.2) is 28.2 Å². The number of benzene rings is 1. The molecule has 23 heavy (non-hydrogen) atoms. The first-order valence-corrected chi connectivity index (χ1v) is 8.06. The monoisotopic (exact) mass is 381 g/mol. The van der Waals surface area contributed by atoms with Gasteiger partial charge in [0.1, 0.15) is 12.4 Å². The lowest BCUT2D eigenvalue weighted by atomic mass is 9.91. The number of rotatable bonds is 2. The second-order valence-electron chi connectivity index (χ2n) is 5.77. The molecule has 1 saturated heterocycles. The Labute approximate surface area is 141 Å². The molecule has 0 unspecified atom stereocenters. The van der Waals surface area contributed by atoms with E-state index in [9.17, 15) is 14.7 Å². The summed E-state index contributed by atoms with van der Waals surface area (Å²) in [6, 6.07) is 5.59. The molecule has 0 bridgehead atoms. The van der Waals surface area contributed by atoms with Crippen LogP contribution in [0.1, 0.15) is 18.4 Å². The summed E-state index contributed by atoms with van der Waals surface area (Å²) >= 11 is 3.39. The highest BCUT2D eigenvalue weighted by Crippen LogP contribution is 2.30. The Balaban J connectivity index is 1.74. The number of piperidine rings is 1. The average Bonchev–Trinajstić information content (AvgIpc) is 2.54. The van der Waals surface area contributed by atoms with Crippen molar-refractivity contribution in [1.29, 1.82) is 0 Å². The minimum Gasteiger partial charge on any atom is -0.488 e. The van der Waals surface area contributed by atoms with Gasteiger partial charge in [-0.15, -0.1) is 0 Å². The lowest BCUT2D eigenvalue weighted by molar-refractivity contribution is -0.165. The van der Waals surface area contributed by atoms with Crippen molar-refractivity contribution in [3.05, 3.63) is 33.8 Å². The number of carboxylic acid groups (broad SMARTS) is 1. The van der Waals surface area contributed by atoms with Crippen molar-refractivity contribution < 1.29 is 24.5 Å². The molecule has 0 radical (unpaired) electrons. The zero-order valence-electron chi connectivity index (χ0n) is 12.3. The van der Waals surface area contributed by atoms with Crippen LogP contribution in [-0.4, -0.2) is 52.3 Å². The largest absolute Gasteiger partial charge is 0.488 e. The number of halogens is 1. The first kappa shape index (κ1) is 16.0. The Morgan fingerprint density at radius 3 is 2.61 bits per heavy atom. The molecule has 2 heterocycles. The summed E-state index contributed by atoms with van der Waals surface area (Å²) in [6.07, 6.45) is 1.86. The van der Waals surface area contributed by atoms with Gasteiger partial charge in [0.2, 0.25) is 0 Å². The van der Waals surface area contributed by atoms with Gasteiger partial charge in [-0.1, -0.05) is 15.9 Å². The predicted molar refractivity (Wildman–Crippen MR) is 86.0 cm³/mol. The van der Waals surface area contributed by atoms with Crippen molar-refractivity contribution in [3.8, 4) is 5.75 Å². The molecule has 0 aromatic heterocycles. The first-order chi connectivity index (χ1) is 10.9. The van der Waals surface area contributed by atoms with E-state index in [0.29, 0.717) is 5.57 Å². The van der Waals surface area contributed by atoms with Crippen LogP contribution in [-0.2, 0) is 9.59 Å². The van der Waals surface area contributed by atoms with Gasteiger partial charge in [-0.05, 0) is 24.3 Å². The summed E-state index contributed by atoms with van der Waals surface area (Å²) in [5.74, 6) is -0.685.